The highest BCUT2D eigenvalue weighted by atomic mass is 16.4. The first-order valence-corrected chi connectivity index (χ1v) is 6.74. The molecule has 2 rings (SSSR count). The lowest BCUT2D eigenvalue weighted by molar-refractivity contribution is 0.0732. The lowest BCUT2D eigenvalue weighted by atomic mass is 10.2. The van der Waals surface area contributed by atoms with E-state index in [1.165, 1.54) is 0 Å². The third-order valence-corrected chi connectivity index (χ3v) is 3.19. The van der Waals surface area contributed by atoms with Crippen LogP contribution in [0.4, 0.5) is 0 Å². The topological polar surface area (TPSA) is 59.2 Å². The summed E-state index contributed by atoms with van der Waals surface area (Å²) in [6, 6.07) is 3.92. The quantitative estimate of drug-likeness (QED) is 0.839. The van der Waals surface area contributed by atoms with Crippen molar-refractivity contribution < 1.29 is 9.21 Å². The van der Waals surface area contributed by atoms with E-state index < -0.39 is 0 Å². The molecule has 0 saturated heterocycles. The highest BCUT2D eigenvalue weighted by Gasteiger charge is 2.21. The van der Waals surface area contributed by atoms with Crippen LogP contribution in [-0.2, 0) is 6.42 Å². The molecule has 0 aliphatic rings. The molecular formula is C15H19N3O2. The van der Waals surface area contributed by atoms with Crippen LogP contribution in [0.1, 0.15) is 34.6 Å². The Bertz CT molecular complexity index is 578. The Hall–Kier alpha value is -2.17. The number of carbonyl (C=O) groups excluding carboxylic acids is 1. The lowest BCUT2D eigenvalue weighted by Crippen LogP contribution is -2.32. The number of aromatic nitrogens is 2. The summed E-state index contributed by atoms with van der Waals surface area (Å²) in [4.78, 5) is 22.3. The highest BCUT2D eigenvalue weighted by Crippen LogP contribution is 2.13. The van der Waals surface area contributed by atoms with Gasteiger partial charge in [-0.25, -0.2) is 4.98 Å². The van der Waals surface area contributed by atoms with Gasteiger partial charge in [0.25, 0.3) is 5.91 Å². The molecule has 0 atom stereocenters. The van der Waals surface area contributed by atoms with Gasteiger partial charge in [0.15, 0.2) is 5.89 Å². The van der Waals surface area contributed by atoms with Crippen molar-refractivity contribution in [3.63, 3.8) is 0 Å². The average molecular weight is 273 g/mol. The van der Waals surface area contributed by atoms with Gasteiger partial charge in [0.2, 0.25) is 5.76 Å². The van der Waals surface area contributed by atoms with Gasteiger partial charge in [0, 0.05) is 32.4 Å². The van der Waals surface area contributed by atoms with E-state index in [9.17, 15) is 4.79 Å². The molecule has 0 saturated carbocycles. The van der Waals surface area contributed by atoms with Crippen LogP contribution >= 0.6 is 0 Å². The van der Waals surface area contributed by atoms with Crippen LogP contribution in [0.3, 0.4) is 0 Å². The van der Waals surface area contributed by atoms with Gasteiger partial charge >= 0.3 is 0 Å². The zero-order valence-electron chi connectivity index (χ0n) is 12.1. The van der Waals surface area contributed by atoms with Crippen LogP contribution in [-0.4, -0.2) is 33.9 Å². The average Bonchev–Trinajstić information content (AvgIpc) is 2.79. The molecule has 5 nitrogen and oxygen atoms in total. The molecule has 1 amide bonds. The van der Waals surface area contributed by atoms with Gasteiger partial charge in [0.1, 0.15) is 0 Å². The van der Waals surface area contributed by atoms with Crippen molar-refractivity contribution in [2.75, 3.05) is 13.1 Å². The molecule has 0 N–H and O–H groups in total. The van der Waals surface area contributed by atoms with Gasteiger partial charge in [0.05, 0.1) is 5.69 Å². The summed E-state index contributed by atoms with van der Waals surface area (Å²) in [5.41, 5.74) is 1.81. The summed E-state index contributed by atoms with van der Waals surface area (Å²) in [6.07, 6.45) is 4.32. The maximum atomic E-state index is 12.4. The minimum atomic E-state index is -0.0975. The molecule has 20 heavy (non-hydrogen) atoms. The fourth-order valence-electron chi connectivity index (χ4n) is 2.09. The molecule has 0 aliphatic heterocycles. The molecule has 0 unspecified atom stereocenters. The molecule has 0 bridgehead atoms. The Balaban J connectivity index is 2.05. The van der Waals surface area contributed by atoms with Crippen molar-refractivity contribution in [3.8, 4) is 0 Å². The van der Waals surface area contributed by atoms with Crippen LogP contribution in [0.15, 0.2) is 28.9 Å². The van der Waals surface area contributed by atoms with Crippen molar-refractivity contribution in [2.45, 2.75) is 27.2 Å². The SMILES string of the molecule is CCN(CCc1ccncc1)C(=O)c1oc(C)nc1C. The first kappa shape index (κ1) is 14.2. The second kappa shape index (κ2) is 6.32. The monoisotopic (exact) mass is 273 g/mol. The number of hydrogen-bond donors (Lipinski definition) is 0. The number of carbonyl (C=O) groups is 1. The van der Waals surface area contributed by atoms with Crippen molar-refractivity contribution in [1.29, 1.82) is 0 Å². The van der Waals surface area contributed by atoms with E-state index in [1.807, 2.05) is 19.1 Å². The smallest absolute Gasteiger partial charge is 0.291 e. The summed E-state index contributed by atoms with van der Waals surface area (Å²) in [5.74, 6) is 0.773. The Morgan fingerprint density at radius 2 is 2.00 bits per heavy atom. The zero-order chi connectivity index (χ0) is 14.5. The van der Waals surface area contributed by atoms with E-state index in [1.54, 1.807) is 31.1 Å². The van der Waals surface area contributed by atoms with Gasteiger partial charge in [-0.15, -0.1) is 0 Å². The summed E-state index contributed by atoms with van der Waals surface area (Å²) < 4.78 is 5.40. The van der Waals surface area contributed by atoms with E-state index in [4.69, 9.17) is 4.42 Å². The Morgan fingerprint density at radius 3 is 2.55 bits per heavy atom. The predicted octanol–water partition coefficient (Wildman–Crippen LogP) is 2.39. The highest BCUT2D eigenvalue weighted by molar-refractivity contribution is 5.92. The third kappa shape index (κ3) is 3.23. The van der Waals surface area contributed by atoms with Crippen molar-refractivity contribution >= 4 is 5.91 Å². The molecule has 0 radical (unpaired) electrons. The van der Waals surface area contributed by atoms with E-state index >= 15 is 0 Å². The van der Waals surface area contributed by atoms with E-state index in [0.717, 1.165) is 12.0 Å². The largest absolute Gasteiger partial charge is 0.436 e. The number of likely N-dealkylation sites (N-methyl/N-ethyl adjacent to an activating group) is 1. The van der Waals surface area contributed by atoms with E-state index in [2.05, 4.69) is 9.97 Å². The molecule has 0 fully saturated rings. The maximum absolute atomic E-state index is 12.4. The molecular weight excluding hydrogens is 254 g/mol. The molecule has 2 heterocycles. The molecule has 0 spiro atoms. The summed E-state index contributed by atoms with van der Waals surface area (Å²) >= 11 is 0. The fraction of sp³-hybridized carbons (Fsp3) is 0.400. The van der Waals surface area contributed by atoms with Gasteiger partial charge in [-0.05, 0) is 38.0 Å². The van der Waals surface area contributed by atoms with Crippen LogP contribution in [0, 0.1) is 13.8 Å². The van der Waals surface area contributed by atoms with Gasteiger partial charge in [-0.3, -0.25) is 9.78 Å². The van der Waals surface area contributed by atoms with Gasteiger partial charge in [-0.1, -0.05) is 0 Å². The van der Waals surface area contributed by atoms with Crippen molar-refractivity contribution in [3.05, 3.63) is 47.4 Å². The lowest BCUT2D eigenvalue weighted by Gasteiger charge is -2.19. The minimum absolute atomic E-state index is 0.0975. The Kier molecular flexibility index (Phi) is 4.50. The summed E-state index contributed by atoms with van der Waals surface area (Å²) in [6.45, 7) is 6.79. The van der Waals surface area contributed by atoms with Gasteiger partial charge in [-0.2, -0.15) is 0 Å². The van der Waals surface area contributed by atoms with Crippen LogP contribution < -0.4 is 0 Å². The van der Waals surface area contributed by atoms with E-state index in [-0.39, 0.29) is 5.91 Å². The molecule has 5 heteroatoms. The number of pyridine rings is 1. The number of amides is 1. The molecule has 106 valence electrons. The summed E-state index contributed by atoms with van der Waals surface area (Å²) in [5, 5.41) is 0. The van der Waals surface area contributed by atoms with Crippen LogP contribution in [0.5, 0.6) is 0 Å². The number of hydrogen-bond acceptors (Lipinski definition) is 4. The molecule has 2 aromatic heterocycles. The second-order valence-electron chi connectivity index (χ2n) is 4.64. The third-order valence-electron chi connectivity index (χ3n) is 3.19. The van der Waals surface area contributed by atoms with Crippen LogP contribution in [0.25, 0.3) is 0 Å². The first-order chi connectivity index (χ1) is 9.61. The zero-order valence-corrected chi connectivity index (χ0v) is 12.1. The van der Waals surface area contributed by atoms with Crippen LogP contribution in [0.2, 0.25) is 0 Å². The predicted molar refractivity (Wildman–Crippen MR) is 75.5 cm³/mol. The molecule has 0 aromatic carbocycles. The van der Waals surface area contributed by atoms with E-state index in [0.29, 0.717) is 30.4 Å². The van der Waals surface area contributed by atoms with Gasteiger partial charge < -0.3 is 9.32 Å². The number of oxazole rings is 1. The maximum Gasteiger partial charge on any atom is 0.291 e. The fourth-order valence-corrected chi connectivity index (χ4v) is 2.09. The Labute approximate surface area is 118 Å². The van der Waals surface area contributed by atoms with Crippen molar-refractivity contribution in [1.82, 2.24) is 14.9 Å². The molecule has 2 aromatic rings. The Morgan fingerprint density at radius 1 is 1.30 bits per heavy atom. The number of nitrogens with zero attached hydrogens (tertiary/aromatic N) is 3. The second-order valence-corrected chi connectivity index (χ2v) is 4.64. The molecule has 0 aliphatic carbocycles. The normalized spacial score (nSPS) is 10.6. The standard InChI is InChI=1S/C15H19N3O2/c1-4-18(10-7-13-5-8-16-9-6-13)15(19)14-11(2)17-12(3)20-14/h5-6,8-9H,4,7,10H2,1-3H3. The number of aryl methyl sites for hydroxylation is 2. The summed E-state index contributed by atoms with van der Waals surface area (Å²) in [7, 11) is 0. The minimum Gasteiger partial charge on any atom is -0.436 e. The van der Waals surface area contributed by atoms with Crippen molar-refractivity contribution in [2.24, 2.45) is 0 Å². The number of rotatable bonds is 5. The first-order valence-electron chi connectivity index (χ1n) is 6.74.